The summed E-state index contributed by atoms with van der Waals surface area (Å²) in [4.78, 5) is 0. The Labute approximate surface area is 73.6 Å². The molecular weight excluding hydrogens is 144 g/mol. The van der Waals surface area contributed by atoms with Gasteiger partial charge >= 0.3 is 0 Å². The highest BCUT2D eigenvalue weighted by atomic mass is 13.9. The Bertz CT molecular complexity index is 308. The van der Waals surface area contributed by atoms with Crippen LogP contribution in [-0.2, 0) is 0 Å². The minimum Gasteiger partial charge on any atom is -0.125 e. The van der Waals surface area contributed by atoms with Crippen LogP contribution in [0.4, 0.5) is 0 Å². The van der Waals surface area contributed by atoms with Crippen LogP contribution >= 0.6 is 0 Å². The molecule has 0 aliphatic rings. The van der Waals surface area contributed by atoms with Crippen molar-refractivity contribution < 1.29 is 0 Å². The molecular formula is C12H12. The van der Waals surface area contributed by atoms with Crippen molar-refractivity contribution in [2.24, 2.45) is 0 Å². The van der Waals surface area contributed by atoms with Gasteiger partial charge in [-0.3, -0.25) is 0 Å². The van der Waals surface area contributed by atoms with Gasteiger partial charge in [0.15, 0.2) is 0 Å². The summed E-state index contributed by atoms with van der Waals surface area (Å²) in [5.41, 5.74) is 5.34. The first-order chi connectivity index (χ1) is 5.86. The van der Waals surface area contributed by atoms with E-state index in [2.05, 4.69) is 12.3 Å². The molecule has 0 heterocycles. The average molecular weight is 156 g/mol. The van der Waals surface area contributed by atoms with Crippen molar-refractivity contribution in [3.63, 3.8) is 0 Å². The molecule has 1 aromatic rings. The maximum atomic E-state index is 3.69. The van der Waals surface area contributed by atoms with Crippen LogP contribution in [0.25, 0.3) is 12.2 Å². The lowest BCUT2D eigenvalue weighted by Crippen LogP contribution is -1.72. The fraction of sp³-hybridized carbons (Fsp3) is 0.0833. The van der Waals surface area contributed by atoms with Crippen LogP contribution < -0.4 is 0 Å². The van der Waals surface area contributed by atoms with Gasteiger partial charge in [0, 0.05) is 0 Å². The van der Waals surface area contributed by atoms with Crippen molar-refractivity contribution >= 4 is 12.2 Å². The molecule has 0 radical (unpaired) electrons. The molecule has 0 aliphatic carbocycles. The van der Waals surface area contributed by atoms with Crippen LogP contribution in [-0.4, -0.2) is 0 Å². The Hall–Kier alpha value is -1.52. The van der Waals surface area contributed by atoms with E-state index >= 15 is 0 Å². The van der Waals surface area contributed by atoms with E-state index in [-0.39, 0.29) is 0 Å². The molecule has 12 heavy (non-hydrogen) atoms. The first-order valence-corrected chi connectivity index (χ1v) is 3.96. The van der Waals surface area contributed by atoms with Gasteiger partial charge in [-0.05, 0) is 30.2 Å². The number of rotatable bonds is 2. The van der Waals surface area contributed by atoms with Crippen molar-refractivity contribution in [3.8, 4) is 0 Å². The normalized spacial score (nSPS) is 8.42. The second-order valence-electron chi connectivity index (χ2n) is 2.47. The lowest BCUT2D eigenvalue weighted by atomic mass is 10.1. The lowest BCUT2D eigenvalue weighted by Gasteiger charge is -1.92. The Balaban J connectivity index is 2.92. The molecule has 0 aliphatic heterocycles. The van der Waals surface area contributed by atoms with E-state index in [0.29, 0.717) is 0 Å². The molecule has 0 unspecified atom stereocenters. The van der Waals surface area contributed by atoms with Gasteiger partial charge in [0.2, 0.25) is 0 Å². The molecule has 0 saturated heterocycles. The number of hydrogen-bond acceptors (Lipinski definition) is 0. The summed E-state index contributed by atoms with van der Waals surface area (Å²) in [5, 5.41) is 0. The van der Waals surface area contributed by atoms with E-state index in [4.69, 9.17) is 0 Å². The van der Waals surface area contributed by atoms with Crippen molar-refractivity contribution in [1.29, 1.82) is 0 Å². The second-order valence-corrected chi connectivity index (χ2v) is 2.47. The molecule has 1 aromatic carbocycles. The molecule has 0 N–H and O–H groups in total. The van der Waals surface area contributed by atoms with E-state index in [0.717, 1.165) is 5.56 Å². The molecule has 0 fully saturated rings. The number of allylic oxidation sites excluding steroid dienone is 1. The van der Waals surface area contributed by atoms with Gasteiger partial charge in [0.25, 0.3) is 0 Å². The lowest BCUT2D eigenvalue weighted by molar-refractivity contribution is 1.62. The summed E-state index contributed by atoms with van der Waals surface area (Å²) < 4.78 is 0. The smallest absolute Gasteiger partial charge is 0.0131 e. The van der Waals surface area contributed by atoms with Crippen LogP contribution in [0.1, 0.15) is 18.1 Å². The highest BCUT2D eigenvalue weighted by Gasteiger charge is 1.85. The molecule has 0 heteroatoms. The molecule has 60 valence electrons. The molecule has 0 amide bonds. The first kappa shape index (κ1) is 8.58. The zero-order valence-corrected chi connectivity index (χ0v) is 7.25. The maximum absolute atomic E-state index is 3.69. The fourth-order valence-corrected chi connectivity index (χ4v) is 0.908. The molecule has 0 saturated carbocycles. The summed E-state index contributed by atoms with van der Waals surface area (Å²) in [5.74, 6) is 0. The van der Waals surface area contributed by atoms with E-state index in [9.17, 15) is 0 Å². The van der Waals surface area contributed by atoms with Gasteiger partial charge in [-0.2, -0.15) is 0 Å². The van der Waals surface area contributed by atoms with Gasteiger partial charge in [-0.25, -0.2) is 0 Å². The van der Waals surface area contributed by atoms with Crippen LogP contribution in [0.3, 0.4) is 0 Å². The second kappa shape index (κ2) is 4.38. The van der Waals surface area contributed by atoms with Gasteiger partial charge in [-0.1, -0.05) is 36.9 Å². The third-order valence-corrected chi connectivity index (χ3v) is 1.59. The highest BCUT2D eigenvalue weighted by Crippen LogP contribution is 2.06. The van der Waals surface area contributed by atoms with Crippen LogP contribution in [0.15, 0.2) is 42.7 Å². The first-order valence-electron chi connectivity index (χ1n) is 3.96. The Morgan fingerprint density at radius 3 is 2.25 bits per heavy atom. The van der Waals surface area contributed by atoms with Gasteiger partial charge in [0.1, 0.15) is 0 Å². The van der Waals surface area contributed by atoms with Crippen LogP contribution in [0, 0.1) is 0 Å². The van der Waals surface area contributed by atoms with E-state index in [1.165, 1.54) is 5.56 Å². The Morgan fingerprint density at radius 1 is 1.17 bits per heavy atom. The molecule has 1 rings (SSSR count). The molecule has 0 spiro atoms. The van der Waals surface area contributed by atoms with Crippen molar-refractivity contribution in [2.45, 2.75) is 6.92 Å². The summed E-state index contributed by atoms with van der Waals surface area (Å²) in [7, 11) is 0. The summed E-state index contributed by atoms with van der Waals surface area (Å²) >= 11 is 0. The quantitative estimate of drug-likeness (QED) is 0.575. The zero-order chi connectivity index (χ0) is 8.81. The monoisotopic (exact) mass is 156 g/mol. The zero-order valence-electron chi connectivity index (χ0n) is 7.25. The predicted molar refractivity (Wildman–Crippen MR) is 54.8 cm³/mol. The van der Waals surface area contributed by atoms with E-state index in [1.807, 2.05) is 49.4 Å². The van der Waals surface area contributed by atoms with E-state index < -0.39 is 0 Å². The largest absolute Gasteiger partial charge is 0.125 e. The minimum atomic E-state index is 1.15. The topological polar surface area (TPSA) is 0 Å². The third-order valence-electron chi connectivity index (χ3n) is 1.59. The maximum Gasteiger partial charge on any atom is -0.0131 e. The molecule has 0 atom stereocenters. The van der Waals surface area contributed by atoms with Crippen LogP contribution in [0.2, 0.25) is 0 Å². The average Bonchev–Trinajstić information content (AvgIpc) is 2.15. The summed E-state index contributed by atoms with van der Waals surface area (Å²) in [6.07, 6.45) is 5.68. The minimum absolute atomic E-state index is 1.15. The van der Waals surface area contributed by atoms with Gasteiger partial charge in [0.05, 0.1) is 0 Å². The standard InChI is InChI=1S/C12H12/c1-3-5-6-12-9-7-11(4-2)8-10-12/h3-4,6-10H,2H2,1H3. The summed E-state index contributed by atoms with van der Waals surface area (Å²) in [6.45, 7) is 5.64. The molecule has 0 nitrogen and oxygen atoms in total. The molecule has 0 aromatic heterocycles. The highest BCUT2D eigenvalue weighted by molar-refractivity contribution is 5.54. The Kier molecular flexibility index (Phi) is 3.13. The molecule has 0 bridgehead atoms. The fourth-order valence-electron chi connectivity index (χ4n) is 0.908. The van der Waals surface area contributed by atoms with Crippen LogP contribution in [0.5, 0.6) is 0 Å². The third kappa shape index (κ3) is 2.26. The van der Waals surface area contributed by atoms with Crippen molar-refractivity contribution in [1.82, 2.24) is 0 Å². The SMILES string of the molecule is C=Cc1ccc(C=C=CC)cc1. The van der Waals surface area contributed by atoms with E-state index in [1.54, 1.807) is 0 Å². The van der Waals surface area contributed by atoms with Gasteiger partial charge in [-0.15, -0.1) is 5.73 Å². The van der Waals surface area contributed by atoms with Gasteiger partial charge < -0.3 is 0 Å². The number of hydrogen-bond donors (Lipinski definition) is 0. The number of benzene rings is 1. The predicted octanol–water partition coefficient (Wildman–Crippen LogP) is 3.52. The summed E-state index contributed by atoms with van der Waals surface area (Å²) in [6, 6.07) is 8.17. The van der Waals surface area contributed by atoms with Crippen molar-refractivity contribution in [3.05, 3.63) is 53.8 Å². The Morgan fingerprint density at radius 2 is 1.75 bits per heavy atom. The van der Waals surface area contributed by atoms with Crippen molar-refractivity contribution in [2.75, 3.05) is 0 Å².